The molecule has 0 aromatic carbocycles. The van der Waals surface area contributed by atoms with Gasteiger partial charge in [-0.15, -0.1) is 0 Å². The van der Waals surface area contributed by atoms with Crippen molar-refractivity contribution in [1.29, 1.82) is 0 Å². The Morgan fingerprint density at radius 1 is 1.18 bits per heavy atom. The fraction of sp³-hybridized carbons (Fsp3) is 0.308. The second-order valence-corrected chi connectivity index (χ2v) is 4.09. The molecule has 1 aliphatic rings. The van der Waals surface area contributed by atoms with E-state index in [2.05, 4.69) is 21.3 Å². The molecule has 0 amide bonds. The molecule has 0 saturated carbocycles. The third-order valence-electron chi connectivity index (χ3n) is 2.99. The van der Waals surface area contributed by atoms with Crippen molar-refractivity contribution >= 4 is 5.82 Å². The minimum Gasteiger partial charge on any atom is -0.464 e. The number of pyridine rings is 1. The number of hydrogen-bond donors (Lipinski definition) is 1. The summed E-state index contributed by atoms with van der Waals surface area (Å²) in [5.41, 5.74) is 1.07. The van der Waals surface area contributed by atoms with E-state index in [1.54, 1.807) is 6.26 Å². The monoisotopic (exact) mass is 229 g/mol. The lowest BCUT2D eigenvalue weighted by atomic mass is 10.2. The highest BCUT2D eigenvalue weighted by Gasteiger charge is 2.17. The Morgan fingerprint density at radius 3 is 2.82 bits per heavy atom. The van der Waals surface area contributed by atoms with Crippen LogP contribution in [0.1, 0.15) is 0 Å². The van der Waals surface area contributed by atoms with E-state index in [1.165, 1.54) is 0 Å². The van der Waals surface area contributed by atoms with E-state index >= 15 is 0 Å². The summed E-state index contributed by atoms with van der Waals surface area (Å²) in [6, 6.07) is 7.89. The molecule has 0 atom stereocenters. The van der Waals surface area contributed by atoms with E-state index in [1.807, 2.05) is 24.4 Å². The normalized spacial score (nSPS) is 16.1. The Morgan fingerprint density at radius 2 is 2.06 bits per heavy atom. The van der Waals surface area contributed by atoms with Crippen molar-refractivity contribution in [2.45, 2.75) is 0 Å². The predicted molar refractivity (Wildman–Crippen MR) is 67.0 cm³/mol. The Hall–Kier alpha value is -1.81. The molecule has 0 unspecified atom stereocenters. The molecule has 1 N–H and O–H groups in total. The Balaban J connectivity index is 1.98. The molecule has 0 spiro atoms. The topological polar surface area (TPSA) is 41.3 Å². The van der Waals surface area contributed by atoms with Crippen LogP contribution in [0.5, 0.6) is 0 Å². The van der Waals surface area contributed by atoms with Crippen LogP contribution in [0.4, 0.5) is 5.82 Å². The smallest absolute Gasteiger partial charge is 0.139 e. The summed E-state index contributed by atoms with van der Waals surface area (Å²) < 4.78 is 5.47. The van der Waals surface area contributed by atoms with E-state index < -0.39 is 0 Å². The quantitative estimate of drug-likeness (QED) is 0.851. The molecule has 88 valence electrons. The molecule has 3 rings (SSSR count). The van der Waals surface area contributed by atoms with Gasteiger partial charge in [0.05, 0.1) is 11.8 Å². The molecule has 1 saturated heterocycles. The first kappa shape index (κ1) is 10.4. The van der Waals surface area contributed by atoms with Crippen molar-refractivity contribution in [2.75, 3.05) is 31.1 Å². The molecule has 1 aliphatic heterocycles. The number of nitrogens with zero attached hydrogens (tertiary/aromatic N) is 2. The average molecular weight is 229 g/mol. The highest BCUT2D eigenvalue weighted by molar-refractivity contribution is 5.72. The van der Waals surface area contributed by atoms with E-state index in [9.17, 15) is 0 Å². The molecular weight excluding hydrogens is 214 g/mol. The second kappa shape index (κ2) is 4.59. The summed E-state index contributed by atoms with van der Waals surface area (Å²) in [5.74, 6) is 1.90. The first-order chi connectivity index (χ1) is 8.45. The van der Waals surface area contributed by atoms with Crippen molar-refractivity contribution in [3.63, 3.8) is 0 Å². The van der Waals surface area contributed by atoms with Gasteiger partial charge in [-0.1, -0.05) is 0 Å². The van der Waals surface area contributed by atoms with Gasteiger partial charge in [-0.25, -0.2) is 4.98 Å². The first-order valence-electron chi connectivity index (χ1n) is 5.90. The van der Waals surface area contributed by atoms with Crippen LogP contribution in [0, 0.1) is 0 Å². The number of nitrogens with one attached hydrogen (secondary N) is 1. The zero-order valence-electron chi connectivity index (χ0n) is 9.60. The minimum atomic E-state index is 0.881. The number of piperazine rings is 1. The number of anilines is 1. The molecule has 17 heavy (non-hydrogen) atoms. The van der Waals surface area contributed by atoms with Crippen LogP contribution in [-0.4, -0.2) is 31.2 Å². The van der Waals surface area contributed by atoms with E-state index in [4.69, 9.17) is 4.42 Å². The fourth-order valence-electron chi connectivity index (χ4n) is 2.15. The summed E-state index contributed by atoms with van der Waals surface area (Å²) in [7, 11) is 0. The van der Waals surface area contributed by atoms with Crippen molar-refractivity contribution in [3.05, 3.63) is 36.7 Å². The van der Waals surface area contributed by atoms with Crippen LogP contribution in [0.3, 0.4) is 0 Å². The maximum absolute atomic E-state index is 5.47. The lowest BCUT2D eigenvalue weighted by Crippen LogP contribution is -2.44. The third kappa shape index (κ3) is 2.03. The highest BCUT2D eigenvalue weighted by atomic mass is 16.3. The minimum absolute atomic E-state index is 0.881. The van der Waals surface area contributed by atoms with Crippen LogP contribution in [0.2, 0.25) is 0 Å². The molecule has 4 heteroatoms. The van der Waals surface area contributed by atoms with Crippen molar-refractivity contribution in [3.8, 4) is 11.3 Å². The molecule has 0 radical (unpaired) electrons. The third-order valence-corrected chi connectivity index (χ3v) is 2.99. The van der Waals surface area contributed by atoms with Gasteiger partial charge in [-0.2, -0.15) is 0 Å². The lowest BCUT2D eigenvalue weighted by Gasteiger charge is -2.29. The zero-order valence-corrected chi connectivity index (χ0v) is 9.60. The van der Waals surface area contributed by atoms with Gasteiger partial charge in [0.1, 0.15) is 11.6 Å². The van der Waals surface area contributed by atoms with Gasteiger partial charge in [0.25, 0.3) is 0 Å². The summed E-state index contributed by atoms with van der Waals surface area (Å²) >= 11 is 0. The molecule has 2 aromatic heterocycles. The van der Waals surface area contributed by atoms with Crippen molar-refractivity contribution < 1.29 is 4.42 Å². The number of furan rings is 1. The lowest BCUT2D eigenvalue weighted by molar-refractivity contribution is 0.574. The van der Waals surface area contributed by atoms with Crippen LogP contribution >= 0.6 is 0 Å². The number of aromatic nitrogens is 1. The standard InChI is InChI=1S/C13H15N3O/c1-3-11(12-4-2-10-17-12)13(15-5-1)16-8-6-14-7-9-16/h1-5,10,14H,6-9H2. The first-order valence-corrected chi connectivity index (χ1v) is 5.90. The SMILES string of the molecule is c1coc(-c2cccnc2N2CCNCC2)c1. The second-order valence-electron chi connectivity index (χ2n) is 4.09. The average Bonchev–Trinajstić information content (AvgIpc) is 2.94. The van der Waals surface area contributed by atoms with E-state index in [0.29, 0.717) is 0 Å². The fourth-order valence-corrected chi connectivity index (χ4v) is 2.15. The van der Waals surface area contributed by atoms with Crippen LogP contribution in [-0.2, 0) is 0 Å². The van der Waals surface area contributed by atoms with Gasteiger partial charge >= 0.3 is 0 Å². The van der Waals surface area contributed by atoms with Gasteiger partial charge in [0, 0.05) is 32.4 Å². The number of hydrogen-bond acceptors (Lipinski definition) is 4. The maximum Gasteiger partial charge on any atom is 0.139 e. The maximum atomic E-state index is 5.47. The molecule has 1 fully saturated rings. The van der Waals surface area contributed by atoms with Crippen molar-refractivity contribution in [2.24, 2.45) is 0 Å². The summed E-state index contributed by atoms with van der Waals surface area (Å²) in [6.07, 6.45) is 3.54. The summed E-state index contributed by atoms with van der Waals surface area (Å²) in [6.45, 7) is 4.00. The molecule has 3 heterocycles. The summed E-state index contributed by atoms with van der Waals surface area (Å²) in [4.78, 5) is 6.80. The molecule has 0 bridgehead atoms. The van der Waals surface area contributed by atoms with Gasteiger partial charge in [0.2, 0.25) is 0 Å². The molecular formula is C13H15N3O. The molecule has 2 aromatic rings. The Bertz CT molecular complexity index is 475. The van der Waals surface area contributed by atoms with E-state index in [-0.39, 0.29) is 0 Å². The van der Waals surface area contributed by atoms with Crippen molar-refractivity contribution in [1.82, 2.24) is 10.3 Å². The Labute approximate surface area is 100 Å². The number of rotatable bonds is 2. The van der Waals surface area contributed by atoms with Gasteiger partial charge in [-0.05, 0) is 24.3 Å². The van der Waals surface area contributed by atoms with Gasteiger partial charge < -0.3 is 14.6 Å². The summed E-state index contributed by atoms with van der Waals surface area (Å²) in [5, 5.41) is 3.35. The van der Waals surface area contributed by atoms with Crippen LogP contribution in [0.15, 0.2) is 41.1 Å². The van der Waals surface area contributed by atoms with Crippen LogP contribution in [0.25, 0.3) is 11.3 Å². The van der Waals surface area contributed by atoms with Crippen LogP contribution < -0.4 is 10.2 Å². The highest BCUT2D eigenvalue weighted by Crippen LogP contribution is 2.28. The zero-order chi connectivity index (χ0) is 11.5. The Kier molecular flexibility index (Phi) is 2.80. The largest absolute Gasteiger partial charge is 0.464 e. The van der Waals surface area contributed by atoms with E-state index in [0.717, 1.165) is 43.3 Å². The molecule has 0 aliphatic carbocycles. The molecule has 4 nitrogen and oxygen atoms in total. The predicted octanol–water partition coefficient (Wildman–Crippen LogP) is 1.75. The van der Waals surface area contributed by atoms with Gasteiger partial charge in [0.15, 0.2) is 0 Å². The van der Waals surface area contributed by atoms with Gasteiger partial charge in [-0.3, -0.25) is 0 Å².